The van der Waals surface area contributed by atoms with Crippen LogP contribution < -0.4 is 10.5 Å². The molecular weight excluding hydrogens is 218 g/mol. The van der Waals surface area contributed by atoms with Gasteiger partial charge in [-0.25, -0.2) is 4.68 Å². The fraction of sp³-hybridized carbons (Fsp3) is 0.364. The first-order chi connectivity index (χ1) is 8.33. The molecule has 0 spiro atoms. The third kappa shape index (κ3) is 2.79. The number of hydrogen-bond acceptors (Lipinski definition) is 5. The lowest BCUT2D eigenvalue weighted by atomic mass is 10.1. The lowest BCUT2D eigenvalue weighted by Crippen LogP contribution is -2.11. The molecule has 0 saturated heterocycles. The molecule has 0 aliphatic heterocycles. The molecule has 0 unspecified atom stereocenters. The van der Waals surface area contributed by atoms with Crippen molar-refractivity contribution in [1.82, 2.24) is 20.2 Å². The van der Waals surface area contributed by atoms with Crippen LogP contribution in [-0.2, 0) is 19.5 Å². The van der Waals surface area contributed by atoms with Gasteiger partial charge in [0.2, 0.25) is 0 Å². The second-order valence-electron chi connectivity index (χ2n) is 3.62. The van der Waals surface area contributed by atoms with Gasteiger partial charge in [0.15, 0.2) is 5.82 Å². The number of methoxy groups -OCH3 is 1. The maximum absolute atomic E-state index is 5.52. The van der Waals surface area contributed by atoms with Gasteiger partial charge < -0.3 is 10.5 Å². The smallest absolute Gasteiger partial charge is 0.164 e. The third-order valence-electron chi connectivity index (χ3n) is 2.56. The summed E-state index contributed by atoms with van der Waals surface area (Å²) in [6.07, 6.45) is 0.863. The fourth-order valence-electron chi connectivity index (χ4n) is 1.57. The van der Waals surface area contributed by atoms with E-state index in [1.165, 1.54) is 5.56 Å². The van der Waals surface area contributed by atoms with E-state index < -0.39 is 0 Å². The van der Waals surface area contributed by atoms with Crippen molar-refractivity contribution in [3.05, 3.63) is 35.7 Å². The molecule has 0 aliphatic rings. The average molecular weight is 233 g/mol. The highest BCUT2D eigenvalue weighted by atomic mass is 16.5. The van der Waals surface area contributed by atoms with Crippen molar-refractivity contribution in [2.45, 2.75) is 19.5 Å². The Balaban J connectivity index is 1.97. The number of aromatic nitrogens is 4. The molecule has 0 radical (unpaired) electrons. The van der Waals surface area contributed by atoms with Gasteiger partial charge in [-0.15, -0.1) is 5.10 Å². The first kappa shape index (κ1) is 11.5. The predicted octanol–water partition coefficient (Wildman–Crippen LogP) is 0.383. The Morgan fingerprint density at radius 3 is 2.71 bits per heavy atom. The summed E-state index contributed by atoms with van der Waals surface area (Å²) in [5.41, 5.74) is 6.73. The van der Waals surface area contributed by atoms with Gasteiger partial charge in [0.05, 0.1) is 13.7 Å². The first-order valence-corrected chi connectivity index (χ1v) is 5.41. The highest BCUT2D eigenvalue weighted by Gasteiger charge is 2.03. The van der Waals surface area contributed by atoms with Crippen molar-refractivity contribution >= 4 is 0 Å². The van der Waals surface area contributed by atoms with Gasteiger partial charge in [0.1, 0.15) is 5.75 Å². The lowest BCUT2D eigenvalue weighted by molar-refractivity contribution is 0.414. The van der Waals surface area contributed by atoms with Crippen LogP contribution in [0.2, 0.25) is 0 Å². The van der Waals surface area contributed by atoms with E-state index in [1.807, 2.05) is 24.3 Å². The van der Waals surface area contributed by atoms with E-state index in [0.717, 1.165) is 18.7 Å². The van der Waals surface area contributed by atoms with Gasteiger partial charge in [-0.2, -0.15) is 0 Å². The van der Waals surface area contributed by atoms with E-state index in [4.69, 9.17) is 10.5 Å². The molecule has 0 amide bonds. The minimum atomic E-state index is 0.357. The largest absolute Gasteiger partial charge is 0.497 e. The summed E-state index contributed by atoms with van der Waals surface area (Å²) in [5, 5.41) is 11.3. The van der Waals surface area contributed by atoms with Gasteiger partial charge in [-0.3, -0.25) is 0 Å². The molecule has 90 valence electrons. The molecule has 0 fully saturated rings. The summed E-state index contributed by atoms with van der Waals surface area (Å²) in [6, 6.07) is 7.95. The van der Waals surface area contributed by atoms with Crippen molar-refractivity contribution in [3.8, 4) is 5.75 Å². The van der Waals surface area contributed by atoms with Crippen LogP contribution in [0.1, 0.15) is 11.4 Å². The van der Waals surface area contributed by atoms with E-state index in [2.05, 4.69) is 15.5 Å². The molecule has 2 aromatic rings. The molecule has 1 aromatic heterocycles. The number of tetrazole rings is 1. The number of aryl methyl sites for hydroxylation is 2. The van der Waals surface area contributed by atoms with Gasteiger partial charge in [-0.05, 0) is 34.5 Å². The van der Waals surface area contributed by atoms with Crippen LogP contribution in [0, 0.1) is 0 Å². The molecule has 0 bridgehead atoms. The molecule has 2 rings (SSSR count). The SMILES string of the molecule is COc1ccc(CCn2nnnc2CN)cc1. The van der Waals surface area contributed by atoms with E-state index in [9.17, 15) is 0 Å². The molecule has 6 nitrogen and oxygen atoms in total. The average Bonchev–Trinajstić information content (AvgIpc) is 2.84. The van der Waals surface area contributed by atoms with Crippen molar-refractivity contribution in [3.63, 3.8) is 0 Å². The van der Waals surface area contributed by atoms with Crippen molar-refractivity contribution in [2.24, 2.45) is 5.73 Å². The zero-order chi connectivity index (χ0) is 12.1. The van der Waals surface area contributed by atoms with Gasteiger partial charge in [0.25, 0.3) is 0 Å². The zero-order valence-corrected chi connectivity index (χ0v) is 9.71. The van der Waals surface area contributed by atoms with Crippen LogP contribution in [0.15, 0.2) is 24.3 Å². The molecule has 0 aliphatic carbocycles. The minimum Gasteiger partial charge on any atom is -0.497 e. The Labute approximate surface area is 99.4 Å². The molecule has 6 heteroatoms. The van der Waals surface area contributed by atoms with E-state index in [1.54, 1.807) is 11.8 Å². The Kier molecular flexibility index (Phi) is 3.66. The number of hydrogen-bond donors (Lipinski definition) is 1. The quantitative estimate of drug-likeness (QED) is 0.807. The van der Waals surface area contributed by atoms with Crippen LogP contribution >= 0.6 is 0 Å². The Bertz CT molecular complexity index is 465. The van der Waals surface area contributed by atoms with Gasteiger partial charge in [0, 0.05) is 6.54 Å². The lowest BCUT2D eigenvalue weighted by Gasteiger charge is -2.04. The van der Waals surface area contributed by atoms with Crippen LogP contribution in [-0.4, -0.2) is 27.3 Å². The summed E-state index contributed by atoms with van der Waals surface area (Å²) in [6.45, 7) is 1.08. The fourth-order valence-corrected chi connectivity index (χ4v) is 1.57. The minimum absolute atomic E-state index is 0.357. The Morgan fingerprint density at radius 2 is 2.06 bits per heavy atom. The molecule has 1 heterocycles. The molecule has 0 saturated carbocycles. The topological polar surface area (TPSA) is 78.8 Å². The van der Waals surface area contributed by atoms with Crippen LogP contribution in [0.5, 0.6) is 5.75 Å². The molecular formula is C11H15N5O. The summed E-state index contributed by atoms with van der Waals surface area (Å²) in [7, 11) is 1.66. The van der Waals surface area contributed by atoms with E-state index in [-0.39, 0.29) is 0 Å². The normalized spacial score (nSPS) is 10.5. The van der Waals surface area contributed by atoms with Crippen LogP contribution in [0.3, 0.4) is 0 Å². The summed E-state index contributed by atoms with van der Waals surface area (Å²) in [4.78, 5) is 0. The molecule has 0 atom stereocenters. The number of nitrogens with zero attached hydrogens (tertiary/aromatic N) is 4. The molecule has 1 aromatic carbocycles. The second kappa shape index (κ2) is 5.40. The maximum Gasteiger partial charge on any atom is 0.164 e. The predicted molar refractivity (Wildman–Crippen MR) is 62.4 cm³/mol. The zero-order valence-electron chi connectivity index (χ0n) is 9.71. The maximum atomic E-state index is 5.52. The highest BCUT2D eigenvalue weighted by molar-refractivity contribution is 5.27. The van der Waals surface area contributed by atoms with Gasteiger partial charge in [-0.1, -0.05) is 12.1 Å². The van der Waals surface area contributed by atoms with Crippen LogP contribution in [0.4, 0.5) is 0 Å². The van der Waals surface area contributed by atoms with E-state index in [0.29, 0.717) is 12.4 Å². The Hall–Kier alpha value is -1.95. The standard InChI is InChI=1S/C11H15N5O/c1-17-10-4-2-9(3-5-10)6-7-16-11(8-12)13-14-15-16/h2-5H,6-8,12H2,1H3. The highest BCUT2D eigenvalue weighted by Crippen LogP contribution is 2.12. The molecule has 2 N–H and O–H groups in total. The summed E-state index contributed by atoms with van der Waals surface area (Å²) in [5.74, 6) is 1.57. The summed E-state index contributed by atoms with van der Waals surface area (Å²) >= 11 is 0. The number of nitrogens with two attached hydrogens (primary N) is 1. The monoisotopic (exact) mass is 233 g/mol. The van der Waals surface area contributed by atoms with Crippen molar-refractivity contribution in [1.29, 1.82) is 0 Å². The van der Waals surface area contributed by atoms with Crippen molar-refractivity contribution in [2.75, 3.05) is 7.11 Å². The van der Waals surface area contributed by atoms with Crippen LogP contribution in [0.25, 0.3) is 0 Å². The second-order valence-corrected chi connectivity index (χ2v) is 3.62. The number of ether oxygens (including phenoxy) is 1. The van der Waals surface area contributed by atoms with Gasteiger partial charge >= 0.3 is 0 Å². The van der Waals surface area contributed by atoms with E-state index >= 15 is 0 Å². The molecule has 17 heavy (non-hydrogen) atoms. The number of benzene rings is 1. The first-order valence-electron chi connectivity index (χ1n) is 5.41. The third-order valence-corrected chi connectivity index (χ3v) is 2.56. The number of rotatable bonds is 5. The Morgan fingerprint density at radius 1 is 1.29 bits per heavy atom. The summed E-state index contributed by atoms with van der Waals surface area (Å²) < 4.78 is 6.83. The van der Waals surface area contributed by atoms with Crippen molar-refractivity contribution < 1.29 is 4.74 Å².